The molecule has 0 radical (unpaired) electrons. The first-order valence-corrected chi connectivity index (χ1v) is 9.51. The van der Waals surface area contributed by atoms with Crippen LogP contribution in [-0.2, 0) is 14.8 Å². The number of ether oxygens (including phenoxy) is 1. The average Bonchev–Trinajstić information content (AvgIpc) is 2.62. The van der Waals surface area contributed by atoms with Crippen molar-refractivity contribution < 1.29 is 23.1 Å². The fraction of sp³-hybridized carbons (Fsp3) is 0.278. The molecule has 2 rings (SSSR count). The van der Waals surface area contributed by atoms with Crippen molar-refractivity contribution in [2.45, 2.75) is 17.9 Å². The second kappa shape index (κ2) is 8.79. The fourth-order valence-corrected chi connectivity index (χ4v) is 3.68. The number of carboxylic acid groups (broad SMARTS) is 1. The van der Waals surface area contributed by atoms with E-state index >= 15 is 0 Å². The Morgan fingerprint density at radius 1 is 1.19 bits per heavy atom. The molecule has 0 spiro atoms. The Morgan fingerprint density at radius 3 is 2.50 bits per heavy atom. The maximum absolute atomic E-state index is 12.6. The SMILES string of the molecule is COCCNc1ccc(S(=O)(=O)N[C@@H](C)c2ccccc2)cc1C(=O)O. The van der Waals surface area contributed by atoms with E-state index in [1.807, 2.05) is 30.3 Å². The van der Waals surface area contributed by atoms with Crippen LogP contribution in [0.25, 0.3) is 0 Å². The first kappa shape index (κ1) is 19.9. The summed E-state index contributed by atoms with van der Waals surface area (Å²) in [5.74, 6) is -1.21. The molecule has 8 heteroatoms. The fourth-order valence-electron chi connectivity index (χ4n) is 2.42. The molecule has 0 unspecified atom stereocenters. The van der Waals surface area contributed by atoms with Crippen molar-refractivity contribution in [3.8, 4) is 0 Å². The molecule has 0 aliphatic rings. The van der Waals surface area contributed by atoms with Gasteiger partial charge in [-0.2, -0.15) is 0 Å². The average molecular weight is 378 g/mol. The van der Waals surface area contributed by atoms with Gasteiger partial charge in [0.2, 0.25) is 10.0 Å². The standard InChI is InChI=1S/C18H22N2O5S/c1-13(14-6-4-3-5-7-14)20-26(23,24)15-8-9-17(19-10-11-25-2)16(12-15)18(21)22/h3-9,12-13,19-20H,10-11H2,1-2H3,(H,21,22)/t13-/m0/s1. The van der Waals surface area contributed by atoms with Crippen LogP contribution in [0.1, 0.15) is 28.9 Å². The van der Waals surface area contributed by atoms with Gasteiger partial charge in [-0.25, -0.2) is 17.9 Å². The maximum atomic E-state index is 12.6. The van der Waals surface area contributed by atoms with Crippen molar-refractivity contribution in [2.24, 2.45) is 0 Å². The third-order valence-electron chi connectivity index (χ3n) is 3.78. The molecular weight excluding hydrogens is 356 g/mol. The van der Waals surface area contributed by atoms with Crippen LogP contribution in [-0.4, -0.2) is 39.8 Å². The van der Waals surface area contributed by atoms with Gasteiger partial charge in [-0.1, -0.05) is 30.3 Å². The maximum Gasteiger partial charge on any atom is 0.337 e. The van der Waals surface area contributed by atoms with E-state index in [1.54, 1.807) is 6.92 Å². The summed E-state index contributed by atoms with van der Waals surface area (Å²) in [6.45, 7) is 2.53. The number of sulfonamides is 1. The zero-order valence-corrected chi connectivity index (χ0v) is 15.4. The van der Waals surface area contributed by atoms with E-state index in [0.29, 0.717) is 18.8 Å². The quantitative estimate of drug-likeness (QED) is 0.579. The molecule has 3 N–H and O–H groups in total. The molecule has 0 bridgehead atoms. The van der Waals surface area contributed by atoms with Gasteiger partial charge in [0.1, 0.15) is 0 Å². The number of carboxylic acids is 1. The minimum Gasteiger partial charge on any atom is -0.478 e. The Labute approximate surface area is 153 Å². The van der Waals surface area contributed by atoms with Gasteiger partial charge in [0.15, 0.2) is 0 Å². The summed E-state index contributed by atoms with van der Waals surface area (Å²) in [6.07, 6.45) is 0. The van der Waals surface area contributed by atoms with E-state index in [-0.39, 0.29) is 10.5 Å². The molecular formula is C18H22N2O5S. The van der Waals surface area contributed by atoms with Gasteiger partial charge in [-0.15, -0.1) is 0 Å². The van der Waals surface area contributed by atoms with Gasteiger partial charge in [-0.3, -0.25) is 0 Å². The van der Waals surface area contributed by atoms with E-state index in [0.717, 1.165) is 11.6 Å². The molecule has 0 amide bonds. The van der Waals surface area contributed by atoms with Gasteiger partial charge in [-0.05, 0) is 30.7 Å². The Bertz CT molecular complexity index is 853. The van der Waals surface area contributed by atoms with Crippen LogP contribution in [0.5, 0.6) is 0 Å². The molecule has 7 nitrogen and oxygen atoms in total. The Hall–Kier alpha value is -2.42. The molecule has 0 aliphatic carbocycles. The van der Waals surface area contributed by atoms with Crippen LogP contribution in [0.4, 0.5) is 5.69 Å². The van der Waals surface area contributed by atoms with Gasteiger partial charge >= 0.3 is 5.97 Å². The van der Waals surface area contributed by atoms with Crippen LogP contribution < -0.4 is 10.0 Å². The molecule has 26 heavy (non-hydrogen) atoms. The van der Waals surface area contributed by atoms with Gasteiger partial charge in [0, 0.05) is 25.4 Å². The van der Waals surface area contributed by atoms with E-state index < -0.39 is 22.0 Å². The van der Waals surface area contributed by atoms with Gasteiger partial charge < -0.3 is 15.2 Å². The van der Waals surface area contributed by atoms with Crippen LogP contribution in [0.2, 0.25) is 0 Å². The predicted octanol–water partition coefficient (Wildman–Crippen LogP) is 2.48. The lowest BCUT2D eigenvalue weighted by Gasteiger charge is -2.16. The smallest absolute Gasteiger partial charge is 0.337 e. The third-order valence-corrected chi connectivity index (χ3v) is 5.32. The van der Waals surface area contributed by atoms with Gasteiger partial charge in [0.25, 0.3) is 0 Å². The summed E-state index contributed by atoms with van der Waals surface area (Å²) in [4.78, 5) is 11.4. The molecule has 0 saturated heterocycles. The number of hydrogen-bond donors (Lipinski definition) is 3. The number of methoxy groups -OCH3 is 1. The monoisotopic (exact) mass is 378 g/mol. The van der Waals surface area contributed by atoms with Crippen molar-refractivity contribution >= 4 is 21.7 Å². The van der Waals surface area contributed by atoms with Crippen molar-refractivity contribution in [3.63, 3.8) is 0 Å². The number of aromatic carboxylic acids is 1. The lowest BCUT2D eigenvalue weighted by Crippen LogP contribution is -2.27. The molecule has 0 saturated carbocycles. The summed E-state index contributed by atoms with van der Waals surface area (Å²) >= 11 is 0. The summed E-state index contributed by atoms with van der Waals surface area (Å²) in [5, 5.41) is 12.3. The summed E-state index contributed by atoms with van der Waals surface area (Å²) in [5.41, 5.74) is 1.04. The number of carbonyl (C=O) groups is 1. The minimum atomic E-state index is -3.87. The van der Waals surface area contributed by atoms with Crippen LogP contribution >= 0.6 is 0 Å². The van der Waals surface area contributed by atoms with Crippen LogP contribution in [0.3, 0.4) is 0 Å². The highest BCUT2D eigenvalue weighted by atomic mass is 32.2. The van der Waals surface area contributed by atoms with Crippen molar-refractivity contribution in [1.82, 2.24) is 4.72 Å². The van der Waals surface area contributed by atoms with E-state index in [1.165, 1.54) is 19.2 Å². The Morgan fingerprint density at radius 2 is 1.88 bits per heavy atom. The third kappa shape index (κ3) is 5.04. The topological polar surface area (TPSA) is 105 Å². The van der Waals surface area contributed by atoms with Crippen molar-refractivity contribution in [2.75, 3.05) is 25.6 Å². The van der Waals surface area contributed by atoms with Crippen molar-refractivity contribution in [1.29, 1.82) is 0 Å². The largest absolute Gasteiger partial charge is 0.478 e. The zero-order chi connectivity index (χ0) is 19.2. The second-order valence-electron chi connectivity index (χ2n) is 5.69. The molecule has 0 aliphatic heterocycles. The first-order chi connectivity index (χ1) is 12.3. The normalized spacial score (nSPS) is 12.5. The number of rotatable bonds is 9. The van der Waals surface area contributed by atoms with Crippen molar-refractivity contribution in [3.05, 3.63) is 59.7 Å². The second-order valence-corrected chi connectivity index (χ2v) is 7.40. The molecule has 0 fully saturated rings. The highest BCUT2D eigenvalue weighted by Crippen LogP contribution is 2.22. The lowest BCUT2D eigenvalue weighted by molar-refractivity contribution is 0.0697. The number of benzene rings is 2. The first-order valence-electron chi connectivity index (χ1n) is 8.02. The zero-order valence-electron chi connectivity index (χ0n) is 14.6. The van der Waals surface area contributed by atoms with Crippen LogP contribution in [0.15, 0.2) is 53.4 Å². The summed E-state index contributed by atoms with van der Waals surface area (Å²) < 4.78 is 32.7. The Kier molecular flexibility index (Phi) is 6.73. The van der Waals surface area contributed by atoms with Crippen LogP contribution in [0, 0.1) is 0 Å². The molecule has 2 aromatic rings. The van der Waals surface area contributed by atoms with E-state index in [4.69, 9.17) is 4.74 Å². The highest BCUT2D eigenvalue weighted by molar-refractivity contribution is 7.89. The minimum absolute atomic E-state index is 0.102. The number of nitrogens with one attached hydrogen (secondary N) is 2. The number of anilines is 1. The summed E-state index contributed by atoms with van der Waals surface area (Å²) in [6, 6.07) is 12.7. The molecule has 140 valence electrons. The molecule has 1 atom stereocenters. The molecule has 0 aromatic heterocycles. The van der Waals surface area contributed by atoms with E-state index in [2.05, 4.69) is 10.0 Å². The lowest BCUT2D eigenvalue weighted by atomic mass is 10.1. The Balaban J connectivity index is 2.25. The van der Waals surface area contributed by atoms with E-state index in [9.17, 15) is 18.3 Å². The predicted molar refractivity (Wildman–Crippen MR) is 98.9 cm³/mol. The highest BCUT2D eigenvalue weighted by Gasteiger charge is 2.21. The molecule has 0 heterocycles. The van der Waals surface area contributed by atoms with Gasteiger partial charge in [0.05, 0.1) is 17.1 Å². The number of hydrogen-bond acceptors (Lipinski definition) is 5. The summed E-state index contributed by atoms with van der Waals surface area (Å²) in [7, 11) is -2.33. The molecule has 2 aromatic carbocycles.